The lowest BCUT2D eigenvalue weighted by atomic mass is 10.1. The molecular weight excluding hydrogens is 408 g/mol. The standard InChI is InChI=1S/C20H22N4O3S2/c1-3-9-24-19(14-8-10-29(26,27)12-14)22-23-20(24)28-11-17(25)18-13(2)21-16-7-5-4-6-15(16)18/h3-7,14,21H,1,8-12H2,2H3. The molecule has 0 bridgehead atoms. The number of thioether (sulfide) groups is 1. The zero-order valence-corrected chi connectivity index (χ0v) is 17.7. The number of hydrogen-bond donors (Lipinski definition) is 1. The van der Waals surface area contributed by atoms with E-state index in [1.54, 1.807) is 6.08 Å². The first-order chi connectivity index (χ1) is 13.9. The highest BCUT2D eigenvalue weighted by atomic mass is 32.2. The van der Waals surface area contributed by atoms with Crippen molar-refractivity contribution in [2.45, 2.75) is 31.0 Å². The largest absolute Gasteiger partial charge is 0.358 e. The van der Waals surface area contributed by atoms with Crippen LogP contribution in [0.2, 0.25) is 0 Å². The molecule has 29 heavy (non-hydrogen) atoms. The van der Waals surface area contributed by atoms with Crippen molar-refractivity contribution in [2.24, 2.45) is 0 Å². The van der Waals surface area contributed by atoms with Gasteiger partial charge in [-0.25, -0.2) is 8.42 Å². The predicted octanol–water partition coefficient (Wildman–Crippen LogP) is 3.13. The van der Waals surface area contributed by atoms with Gasteiger partial charge in [0.15, 0.2) is 20.8 Å². The molecule has 152 valence electrons. The molecule has 7 nitrogen and oxygen atoms in total. The summed E-state index contributed by atoms with van der Waals surface area (Å²) in [6.07, 6.45) is 2.28. The minimum absolute atomic E-state index is 0.0168. The summed E-state index contributed by atoms with van der Waals surface area (Å²) >= 11 is 1.32. The number of aromatic amines is 1. The van der Waals surface area contributed by atoms with Crippen molar-refractivity contribution in [1.82, 2.24) is 19.7 Å². The summed E-state index contributed by atoms with van der Waals surface area (Å²) in [5.74, 6) is 1.02. The van der Waals surface area contributed by atoms with E-state index in [1.807, 2.05) is 35.8 Å². The number of ketones is 1. The number of nitrogens with one attached hydrogen (secondary N) is 1. The van der Waals surface area contributed by atoms with Crippen LogP contribution in [0, 0.1) is 6.92 Å². The van der Waals surface area contributed by atoms with Crippen LogP contribution in [0.1, 0.15) is 34.2 Å². The van der Waals surface area contributed by atoms with Crippen LogP contribution >= 0.6 is 11.8 Å². The molecule has 1 unspecified atom stereocenters. The Morgan fingerprint density at radius 2 is 2.17 bits per heavy atom. The van der Waals surface area contributed by atoms with Crippen molar-refractivity contribution in [3.63, 3.8) is 0 Å². The van der Waals surface area contributed by atoms with Gasteiger partial charge in [0.1, 0.15) is 5.82 Å². The molecule has 1 aliphatic rings. The van der Waals surface area contributed by atoms with Gasteiger partial charge in [-0.05, 0) is 19.4 Å². The Bertz CT molecular complexity index is 1190. The Morgan fingerprint density at radius 3 is 2.90 bits per heavy atom. The molecule has 1 atom stereocenters. The van der Waals surface area contributed by atoms with Gasteiger partial charge in [0.25, 0.3) is 0 Å². The van der Waals surface area contributed by atoms with Crippen LogP contribution in [0.3, 0.4) is 0 Å². The maximum Gasteiger partial charge on any atom is 0.191 e. The molecule has 1 aromatic carbocycles. The summed E-state index contributed by atoms with van der Waals surface area (Å²) in [5, 5.41) is 10.0. The van der Waals surface area contributed by atoms with E-state index in [2.05, 4.69) is 21.8 Å². The minimum atomic E-state index is -3.02. The topological polar surface area (TPSA) is 97.7 Å². The van der Waals surface area contributed by atoms with Gasteiger partial charge in [-0.3, -0.25) is 4.79 Å². The van der Waals surface area contributed by atoms with Crippen molar-refractivity contribution in [3.05, 3.63) is 54.0 Å². The van der Waals surface area contributed by atoms with Gasteiger partial charge in [-0.2, -0.15) is 0 Å². The molecule has 9 heteroatoms. The van der Waals surface area contributed by atoms with Crippen LogP contribution in [0.5, 0.6) is 0 Å². The summed E-state index contributed by atoms with van der Waals surface area (Å²) in [5.41, 5.74) is 2.49. The number of benzene rings is 1. The van der Waals surface area contributed by atoms with E-state index in [-0.39, 0.29) is 29.0 Å². The molecule has 1 aliphatic heterocycles. The van der Waals surface area contributed by atoms with Crippen molar-refractivity contribution in [3.8, 4) is 0 Å². The molecule has 2 aromatic heterocycles. The summed E-state index contributed by atoms with van der Waals surface area (Å²) in [6, 6.07) is 7.75. The second-order valence-corrected chi connectivity index (χ2v) is 10.4. The molecule has 0 radical (unpaired) electrons. The molecule has 1 saturated heterocycles. The van der Waals surface area contributed by atoms with Crippen molar-refractivity contribution in [2.75, 3.05) is 17.3 Å². The van der Waals surface area contributed by atoms with Gasteiger partial charge in [-0.1, -0.05) is 36.0 Å². The second-order valence-electron chi connectivity index (χ2n) is 7.22. The number of sulfone groups is 1. The average Bonchev–Trinajstić information content (AvgIpc) is 3.34. The summed E-state index contributed by atoms with van der Waals surface area (Å²) < 4.78 is 25.6. The maximum absolute atomic E-state index is 12.9. The lowest BCUT2D eigenvalue weighted by Gasteiger charge is -2.11. The first kappa shape index (κ1) is 19.9. The quantitative estimate of drug-likeness (QED) is 0.351. The Kier molecular flexibility index (Phi) is 5.35. The highest BCUT2D eigenvalue weighted by Gasteiger charge is 2.33. The molecule has 1 fully saturated rings. The van der Waals surface area contributed by atoms with E-state index in [0.717, 1.165) is 16.6 Å². The number of nitrogens with zero attached hydrogens (tertiary/aromatic N) is 3. The van der Waals surface area contributed by atoms with Crippen LogP contribution in [-0.2, 0) is 16.4 Å². The van der Waals surface area contributed by atoms with Crippen LogP contribution in [0.15, 0.2) is 42.1 Å². The second kappa shape index (κ2) is 7.79. The lowest BCUT2D eigenvalue weighted by Crippen LogP contribution is -2.12. The number of allylic oxidation sites excluding steroid dienone is 1. The van der Waals surface area contributed by atoms with Crippen molar-refractivity contribution < 1.29 is 13.2 Å². The number of aromatic nitrogens is 4. The van der Waals surface area contributed by atoms with E-state index >= 15 is 0 Å². The van der Waals surface area contributed by atoms with E-state index in [9.17, 15) is 13.2 Å². The van der Waals surface area contributed by atoms with Crippen LogP contribution < -0.4 is 0 Å². The Labute approximate surface area is 173 Å². The Morgan fingerprint density at radius 1 is 1.38 bits per heavy atom. The molecule has 1 N–H and O–H groups in total. The molecule has 3 heterocycles. The average molecular weight is 431 g/mol. The van der Waals surface area contributed by atoms with Crippen molar-refractivity contribution in [1.29, 1.82) is 0 Å². The molecule has 4 rings (SSSR count). The van der Waals surface area contributed by atoms with Gasteiger partial charge >= 0.3 is 0 Å². The number of Topliss-reactive ketones (excluding diaryl/α,β-unsaturated/α-hetero) is 1. The fourth-order valence-electron chi connectivity index (χ4n) is 3.85. The number of rotatable bonds is 7. The number of para-hydroxylation sites is 1. The van der Waals surface area contributed by atoms with Crippen molar-refractivity contribution >= 4 is 38.3 Å². The Hall–Kier alpha value is -2.39. The van der Waals surface area contributed by atoms with E-state index < -0.39 is 9.84 Å². The van der Waals surface area contributed by atoms with Crippen LogP contribution in [0.4, 0.5) is 0 Å². The van der Waals surface area contributed by atoms with Gasteiger partial charge in [0, 0.05) is 34.6 Å². The first-order valence-corrected chi connectivity index (χ1v) is 12.2. The molecule has 0 amide bonds. The predicted molar refractivity (Wildman–Crippen MR) is 114 cm³/mol. The minimum Gasteiger partial charge on any atom is -0.358 e. The van der Waals surface area contributed by atoms with Gasteiger partial charge in [0.2, 0.25) is 0 Å². The summed E-state index contributed by atoms with van der Waals surface area (Å²) in [7, 11) is -3.02. The molecule has 0 aliphatic carbocycles. The zero-order valence-electron chi connectivity index (χ0n) is 16.1. The third-order valence-electron chi connectivity index (χ3n) is 5.16. The normalized spacial score (nSPS) is 18.3. The smallest absolute Gasteiger partial charge is 0.191 e. The molecule has 3 aromatic rings. The first-order valence-electron chi connectivity index (χ1n) is 9.37. The maximum atomic E-state index is 12.9. The summed E-state index contributed by atoms with van der Waals surface area (Å²) in [4.78, 5) is 16.2. The number of hydrogen-bond acceptors (Lipinski definition) is 6. The zero-order chi connectivity index (χ0) is 20.6. The lowest BCUT2D eigenvalue weighted by molar-refractivity contribution is 0.102. The monoisotopic (exact) mass is 430 g/mol. The van der Waals surface area contributed by atoms with Gasteiger partial charge in [-0.15, -0.1) is 16.8 Å². The highest BCUT2D eigenvalue weighted by molar-refractivity contribution is 7.99. The van der Waals surface area contributed by atoms with E-state index in [0.29, 0.717) is 29.5 Å². The Balaban J connectivity index is 1.56. The van der Waals surface area contributed by atoms with E-state index in [4.69, 9.17) is 0 Å². The summed E-state index contributed by atoms with van der Waals surface area (Å²) in [6.45, 7) is 6.15. The number of carbonyl (C=O) groups excluding carboxylic acids is 1. The van der Waals surface area contributed by atoms with E-state index in [1.165, 1.54) is 11.8 Å². The number of fused-ring (bicyclic) bond motifs is 1. The SMILES string of the molecule is C=CCn1c(SCC(=O)c2c(C)[nH]c3ccccc23)nnc1C1CCS(=O)(=O)C1. The molecular formula is C20H22N4O3S2. The number of carbonyl (C=O) groups is 1. The number of aryl methyl sites for hydroxylation is 1. The fourth-order valence-corrected chi connectivity index (χ4v) is 6.41. The highest BCUT2D eigenvalue weighted by Crippen LogP contribution is 2.31. The van der Waals surface area contributed by atoms with Crippen LogP contribution in [-0.4, -0.2) is 51.2 Å². The molecule has 0 saturated carbocycles. The third-order valence-corrected chi connectivity index (χ3v) is 7.89. The van der Waals surface area contributed by atoms with Crippen LogP contribution in [0.25, 0.3) is 10.9 Å². The van der Waals surface area contributed by atoms with Gasteiger partial charge in [0.05, 0.1) is 17.3 Å². The van der Waals surface area contributed by atoms with Gasteiger partial charge < -0.3 is 9.55 Å². The molecule has 0 spiro atoms. The fraction of sp³-hybridized carbons (Fsp3) is 0.350. The third kappa shape index (κ3) is 3.89. The number of H-pyrrole nitrogens is 1.